The Morgan fingerprint density at radius 2 is 1.56 bits per heavy atom. The molecule has 1 aromatic carbocycles. The fourth-order valence-corrected chi connectivity index (χ4v) is 2.75. The topological polar surface area (TPSA) is 26.0 Å². The lowest BCUT2D eigenvalue weighted by Crippen LogP contribution is -2.27. The van der Waals surface area contributed by atoms with E-state index in [4.69, 9.17) is 5.73 Å². The quantitative estimate of drug-likeness (QED) is 0.853. The molecule has 18 heavy (non-hydrogen) atoms. The van der Waals surface area contributed by atoms with Gasteiger partial charge in [0.15, 0.2) is 0 Å². The lowest BCUT2D eigenvalue weighted by molar-refractivity contribution is 0.250. The number of nitrogens with two attached hydrogens (primary N) is 1. The molecular formula is C14H18F3N. The van der Waals surface area contributed by atoms with Crippen molar-refractivity contribution in [2.45, 2.75) is 38.6 Å². The fourth-order valence-electron chi connectivity index (χ4n) is 2.75. The molecule has 0 aliphatic heterocycles. The molecule has 1 aromatic rings. The highest BCUT2D eigenvalue weighted by molar-refractivity contribution is 5.24. The minimum atomic E-state index is -0.904. The summed E-state index contributed by atoms with van der Waals surface area (Å²) in [6.45, 7) is 2.17. The largest absolute Gasteiger partial charge is 0.324 e. The van der Waals surface area contributed by atoms with Gasteiger partial charge in [0.2, 0.25) is 0 Å². The Kier molecular flexibility index (Phi) is 3.95. The molecule has 0 bridgehead atoms. The molecular weight excluding hydrogens is 239 g/mol. The van der Waals surface area contributed by atoms with Crippen LogP contribution in [-0.4, -0.2) is 0 Å². The Hall–Kier alpha value is -1.03. The summed E-state index contributed by atoms with van der Waals surface area (Å²) >= 11 is 0. The zero-order valence-corrected chi connectivity index (χ0v) is 10.4. The van der Waals surface area contributed by atoms with Gasteiger partial charge in [0, 0.05) is 23.7 Å². The molecule has 4 heteroatoms. The van der Waals surface area contributed by atoms with Gasteiger partial charge in [-0.2, -0.15) is 0 Å². The number of halogens is 3. The third-order valence-electron chi connectivity index (χ3n) is 3.95. The summed E-state index contributed by atoms with van der Waals surface area (Å²) in [5, 5.41) is 0. The average Bonchev–Trinajstić information content (AvgIpc) is 2.28. The van der Waals surface area contributed by atoms with E-state index >= 15 is 0 Å². The summed E-state index contributed by atoms with van der Waals surface area (Å²) in [6, 6.07) is 0.714. The normalized spacial score (nSPS) is 26.1. The van der Waals surface area contributed by atoms with Crippen LogP contribution < -0.4 is 5.73 Å². The first-order valence-electron chi connectivity index (χ1n) is 6.39. The maximum Gasteiger partial charge on any atom is 0.133 e. The van der Waals surface area contributed by atoms with E-state index in [1.165, 1.54) is 0 Å². The van der Waals surface area contributed by atoms with E-state index in [-0.39, 0.29) is 11.5 Å². The van der Waals surface area contributed by atoms with Gasteiger partial charge in [-0.3, -0.25) is 0 Å². The zero-order valence-electron chi connectivity index (χ0n) is 10.4. The van der Waals surface area contributed by atoms with Gasteiger partial charge in [0.05, 0.1) is 0 Å². The minimum absolute atomic E-state index is 0.0793. The number of hydrogen-bond acceptors (Lipinski definition) is 1. The van der Waals surface area contributed by atoms with E-state index in [0.29, 0.717) is 18.1 Å². The standard InChI is InChI=1S/C14H18F3N/c1-8-2-4-9(5-3-8)14(18)13-11(16)6-10(15)7-12(13)17/h6-9,14H,2-5,18H2,1H3. The van der Waals surface area contributed by atoms with Crippen molar-refractivity contribution in [3.8, 4) is 0 Å². The second-order valence-electron chi connectivity index (χ2n) is 5.33. The maximum atomic E-state index is 13.6. The molecule has 1 atom stereocenters. The average molecular weight is 257 g/mol. The SMILES string of the molecule is CC1CCC(C(N)c2c(F)cc(F)cc2F)CC1. The van der Waals surface area contributed by atoms with E-state index in [9.17, 15) is 13.2 Å². The molecule has 0 saturated heterocycles. The van der Waals surface area contributed by atoms with Crippen molar-refractivity contribution in [3.05, 3.63) is 35.1 Å². The number of hydrogen-bond donors (Lipinski definition) is 1. The molecule has 100 valence electrons. The van der Waals surface area contributed by atoms with Crippen LogP contribution in [0.5, 0.6) is 0 Å². The second kappa shape index (κ2) is 5.31. The van der Waals surface area contributed by atoms with Gasteiger partial charge in [-0.15, -0.1) is 0 Å². The first-order valence-corrected chi connectivity index (χ1v) is 6.39. The Bertz CT molecular complexity index is 402. The van der Waals surface area contributed by atoms with E-state index in [0.717, 1.165) is 25.7 Å². The van der Waals surface area contributed by atoms with Crippen LogP contribution in [0.4, 0.5) is 13.2 Å². The van der Waals surface area contributed by atoms with Crippen molar-refractivity contribution in [1.29, 1.82) is 0 Å². The lowest BCUT2D eigenvalue weighted by atomic mass is 9.77. The monoisotopic (exact) mass is 257 g/mol. The van der Waals surface area contributed by atoms with Crippen molar-refractivity contribution in [2.75, 3.05) is 0 Å². The smallest absolute Gasteiger partial charge is 0.133 e. The van der Waals surface area contributed by atoms with Gasteiger partial charge >= 0.3 is 0 Å². The summed E-state index contributed by atoms with van der Waals surface area (Å²) in [4.78, 5) is 0. The Morgan fingerprint density at radius 3 is 2.06 bits per heavy atom. The van der Waals surface area contributed by atoms with Crippen molar-refractivity contribution in [2.24, 2.45) is 17.6 Å². The van der Waals surface area contributed by atoms with Crippen LogP contribution in [0, 0.1) is 29.3 Å². The molecule has 0 radical (unpaired) electrons. The number of rotatable bonds is 2. The second-order valence-corrected chi connectivity index (χ2v) is 5.33. The molecule has 1 aliphatic rings. The van der Waals surface area contributed by atoms with Crippen molar-refractivity contribution < 1.29 is 13.2 Å². The summed E-state index contributed by atoms with van der Waals surface area (Å²) in [5.74, 6) is -1.93. The van der Waals surface area contributed by atoms with E-state index in [1.807, 2.05) is 0 Å². The molecule has 0 aromatic heterocycles. The Labute approximate surface area is 105 Å². The molecule has 0 heterocycles. The molecule has 2 rings (SSSR count). The Morgan fingerprint density at radius 1 is 1.06 bits per heavy atom. The Balaban J connectivity index is 2.21. The molecule has 2 N–H and O–H groups in total. The number of benzene rings is 1. The highest BCUT2D eigenvalue weighted by Crippen LogP contribution is 2.37. The highest BCUT2D eigenvalue weighted by Gasteiger charge is 2.28. The zero-order chi connectivity index (χ0) is 13.3. The van der Waals surface area contributed by atoms with Crippen LogP contribution in [0.2, 0.25) is 0 Å². The molecule has 1 unspecified atom stereocenters. The molecule has 1 aliphatic carbocycles. The van der Waals surface area contributed by atoms with Crippen LogP contribution in [0.15, 0.2) is 12.1 Å². The van der Waals surface area contributed by atoms with E-state index in [2.05, 4.69) is 6.92 Å². The third kappa shape index (κ3) is 2.69. The fraction of sp³-hybridized carbons (Fsp3) is 0.571. The summed E-state index contributed by atoms with van der Waals surface area (Å²) in [7, 11) is 0. The highest BCUT2D eigenvalue weighted by atomic mass is 19.1. The molecule has 1 saturated carbocycles. The van der Waals surface area contributed by atoms with Crippen molar-refractivity contribution in [1.82, 2.24) is 0 Å². The predicted molar refractivity (Wildman–Crippen MR) is 64.4 cm³/mol. The van der Waals surface area contributed by atoms with Gasteiger partial charge in [-0.1, -0.05) is 19.8 Å². The molecule has 1 fully saturated rings. The third-order valence-corrected chi connectivity index (χ3v) is 3.95. The van der Waals surface area contributed by atoms with Gasteiger partial charge < -0.3 is 5.73 Å². The summed E-state index contributed by atoms with van der Waals surface area (Å²) in [6.07, 6.45) is 3.81. The van der Waals surface area contributed by atoms with Crippen molar-refractivity contribution in [3.63, 3.8) is 0 Å². The van der Waals surface area contributed by atoms with Crippen LogP contribution in [-0.2, 0) is 0 Å². The van der Waals surface area contributed by atoms with Gasteiger partial charge in [-0.05, 0) is 24.7 Å². The van der Waals surface area contributed by atoms with E-state index < -0.39 is 23.5 Å². The summed E-state index contributed by atoms with van der Waals surface area (Å²) < 4.78 is 40.1. The first-order chi connectivity index (χ1) is 8.49. The summed E-state index contributed by atoms with van der Waals surface area (Å²) in [5.41, 5.74) is 5.79. The van der Waals surface area contributed by atoms with Gasteiger partial charge in [0.1, 0.15) is 17.5 Å². The van der Waals surface area contributed by atoms with Crippen molar-refractivity contribution >= 4 is 0 Å². The minimum Gasteiger partial charge on any atom is -0.324 e. The van der Waals surface area contributed by atoms with E-state index in [1.54, 1.807) is 0 Å². The maximum absolute atomic E-state index is 13.6. The van der Waals surface area contributed by atoms with Crippen LogP contribution >= 0.6 is 0 Å². The molecule has 1 nitrogen and oxygen atoms in total. The van der Waals surface area contributed by atoms with Crippen LogP contribution in [0.1, 0.15) is 44.2 Å². The van der Waals surface area contributed by atoms with Crippen LogP contribution in [0.25, 0.3) is 0 Å². The lowest BCUT2D eigenvalue weighted by Gasteiger charge is -2.31. The molecule has 0 spiro atoms. The van der Waals surface area contributed by atoms with Gasteiger partial charge in [-0.25, -0.2) is 13.2 Å². The molecule has 0 amide bonds. The first kappa shape index (κ1) is 13.4. The van der Waals surface area contributed by atoms with Crippen LogP contribution in [0.3, 0.4) is 0 Å². The van der Waals surface area contributed by atoms with Gasteiger partial charge in [0.25, 0.3) is 0 Å². The predicted octanol–water partition coefficient (Wildman–Crippen LogP) is 3.93.